The second-order valence-electron chi connectivity index (χ2n) is 4.25. The van der Waals surface area contributed by atoms with E-state index in [1.54, 1.807) is 6.92 Å². The second-order valence-corrected chi connectivity index (χ2v) is 7.60. The summed E-state index contributed by atoms with van der Waals surface area (Å²) in [5.74, 6) is 0. The normalized spacial score (nSPS) is 12.7. The van der Waals surface area contributed by atoms with Gasteiger partial charge in [-0.25, -0.2) is 13.1 Å². The van der Waals surface area contributed by atoms with Gasteiger partial charge < -0.3 is 10.2 Å². The third-order valence-corrected chi connectivity index (χ3v) is 5.82. The maximum absolute atomic E-state index is 12.4. The lowest BCUT2D eigenvalue weighted by Crippen LogP contribution is -2.53. The molecule has 0 aliphatic carbocycles. The predicted molar refractivity (Wildman–Crippen MR) is 81.7 cm³/mol. The van der Waals surface area contributed by atoms with Crippen LogP contribution in [-0.4, -0.2) is 37.4 Å². The van der Waals surface area contributed by atoms with Crippen LogP contribution < -0.4 is 4.72 Å². The van der Waals surface area contributed by atoms with Gasteiger partial charge in [0, 0.05) is 4.47 Å². The minimum atomic E-state index is -4.09. The van der Waals surface area contributed by atoms with Gasteiger partial charge in [-0.15, -0.1) is 0 Å². The van der Waals surface area contributed by atoms with Gasteiger partial charge in [0.05, 0.1) is 28.8 Å². The fraction of sp³-hybridized carbons (Fsp3) is 0.455. The highest BCUT2D eigenvalue weighted by Gasteiger charge is 2.34. The number of aliphatic hydroxyl groups excluding tert-OH is 2. The monoisotopic (exact) mass is 405 g/mol. The van der Waals surface area contributed by atoms with Crippen LogP contribution in [0.15, 0.2) is 21.5 Å². The van der Waals surface area contributed by atoms with Crippen LogP contribution in [-0.2, 0) is 10.0 Å². The Morgan fingerprint density at radius 1 is 1.25 bits per heavy atom. The summed E-state index contributed by atoms with van der Waals surface area (Å²) in [7, 11) is -4.09. The van der Waals surface area contributed by atoms with Crippen LogP contribution in [0, 0.1) is 0 Å². The van der Waals surface area contributed by atoms with Crippen molar-refractivity contribution in [1.82, 2.24) is 4.72 Å². The maximum Gasteiger partial charge on any atom is 0.244 e. The first-order chi connectivity index (χ1) is 9.21. The number of sulfonamides is 1. The Kier molecular flexibility index (Phi) is 6.28. The van der Waals surface area contributed by atoms with Gasteiger partial charge in [-0.1, -0.05) is 46.1 Å². The van der Waals surface area contributed by atoms with Crippen molar-refractivity contribution in [2.45, 2.75) is 23.8 Å². The van der Waals surface area contributed by atoms with Crippen LogP contribution in [0.4, 0.5) is 0 Å². The number of benzene rings is 1. The number of halogens is 3. The fourth-order valence-electron chi connectivity index (χ4n) is 1.53. The zero-order valence-electron chi connectivity index (χ0n) is 10.5. The Morgan fingerprint density at radius 2 is 1.70 bits per heavy atom. The molecule has 3 N–H and O–H groups in total. The van der Waals surface area contributed by atoms with Crippen LogP contribution >= 0.6 is 39.1 Å². The van der Waals surface area contributed by atoms with E-state index in [2.05, 4.69) is 20.7 Å². The molecule has 0 unspecified atom stereocenters. The summed E-state index contributed by atoms with van der Waals surface area (Å²) < 4.78 is 27.5. The molecule has 1 aromatic rings. The molecule has 0 amide bonds. The fourth-order valence-corrected chi connectivity index (χ4v) is 4.93. The van der Waals surface area contributed by atoms with E-state index in [1.807, 2.05) is 0 Å². The molecule has 0 bridgehead atoms. The van der Waals surface area contributed by atoms with E-state index in [9.17, 15) is 18.6 Å². The molecule has 0 radical (unpaired) electrons. The highest BCUT2D eigenvalue weighted by Crippen LogP contribution is 2.33. The van der Waals surface area contributed by atoms with E-state index in [4.69, 9.17) is 23.2 Å². The Hall–Kier alpha value is 0.110. The third kappa shape index (κ3) is 3.85. The van der Waals surface area contributed by atoms with Crippen LogP contribution in [0.5, 0.6) is 0 Å². The summed E-state index contributed by atoms with van der Waals surface area (Å²) in [4.78, 5) is -0.288. The zero-order valence-corrected chi connectivity index (χ0v) is 14.4. The number of rotatable bonds is 6. The summed E-state index contributed by atoms with van der Waals surface area (Å²) >= 11 is 15.0. The molecular weight excluding hydrogens is 393 g/mol. The molecule has 0 aromatic heterocycles. The molecule has 5 nitrogen and oxygen atoms in total. The molecule has 1 rings (SSSR count). The minimum absolute atomic E-state index is 0.0576. The molecule has 9 heteroatoms. The first-order valence-corrected chi connectivity index (χ1v) is 8.65. The van der Waals surface area contributed by atoms with E-state index in [0.29, 0.717) is 4.47 Å². The van der Waals surface area contributed by atoms with E-state index < -0.39 is 28.8 Å². The first kappa shape index (κ1) is 18.2. The van der Waals surface area contributed by atoms with Crippen molar-refractivity contribution in [3.8, 4) is 0 Å². The molecule has 1 aromatic carbocycles. The Bertz CT molecular complexity index is 559. The number of hydrogen-bond acceptors (Lipinski definition) is 4. The lowest BCUT2D eigenvalue weighted by Gasteiger charge is -2.29. The largest absolute Gasteiger partial charge is 0.394 e. The van der Waals surface area contributed by atoms with Crippen molar-refractivity contribution in [1.29, 1.82) is 0 Å². The van der Waals surface area contributed by atoms with E-state index in [-0.39, 0.29) is 21.4 Å². The van der Waals surface area contributed by atoms with Crippen molar-refractivity contribution in [3.05, 3.63) is 26.7 Å². The molecule has 0 saturated heterocycles. The van der Waals surface area contributed by atoms with Crippen molar-refractivity contribution < 1.29 is 18.6 Å². The SMILES string of the molecule is CCC(CO)(CO)NS(=O)(=O)c1c(Cl)cc(Br)cc1Cl. The minimum Gasteiger partial charge on any atom is -0.394 e. The molecule has 0 aliphatic heterocycles. The molecule has 0 spiro atoms. The van der Waals surface area contributed by atoms with Gasteiger partial charge in [0.15, 0.2) is 0 Å². The molecule has 114 valence electrons. The Labute approximate surface area is 136 Å². The molecule has 20 heavy (non-hydrogen) atoms. The van der Waals surface area contributed by atoms with E-state index >= 15 is 0 Å². The number of nitrogens with one attached hydrogen (secondary N) is 1. The molecule has 0 saturated carbocycles. The maximum atomic E-state index is 12.4. The molecule has 0 fully saturated rings. The van der Waals surface area contributed by atoms with Crippen molar-refractivity contribution in [2.24, 2.45) is 0 Å². The topological polar surface area (TPSA) is 86.6 Å². The van der Waals surface area contributed by atoms with Crippen LogP contribution in [0.1, 0.15) is 13.3 Å². The van der Waals surface area contributed by atoms with Crippen molar-refractivity contribution in [2.75, 3.05) is 13.2 Å². The van der Waals surface area contributed by atoms with Crippen molar-refractivity contribution >= 4 is 49.2 Å². The van der Waals surface area contributed by atoms with Gasteiger partial charge >= 0.3 is 0 Å². The highest BCUT2D eigenvalue weighted by atomic mass is 79.9. The van der Waals surface area contributed by atoms with Gasteiger partial charge in [-0.2, -0.15) is 0 Å². The molecule has 0 aliphatic rings. The summed E-state index contributed by atoms with van der Waals surface area (Å²) in [5.41, 5.74) is -1.36. The standard InChI is InChI=1S/C11H14BrCl2NO4S/c1-2-11(5-16,6-17)15-20(18,19)10-8(13)3-7(12)4-9(10)14/h3-4,15-17H,2,5-6H2,1H3. The van der Waals surface area contributed by atoms with Crippen LogP contribution in [0.3, 0.4) is 0 Å². The summed E-state index contributed by atoms with van der Waals surface area (Å²) in [6.07, 6.45) is 0.199. The average Bonchev–Trinajstić information content (AvgIpc) is 2.34. The number of aliphatic hydroxyl groups is 2. The molecular formula is C11H14BrCl2NO4S. The lowest BCUT2D eigenvalue weighted by molar-refractivity contribution is 0.105. The van der Waals surface area contributed by atoms with Gasteiger partial charge in [0.25, 0.3) is 0 Å². The molecule has 0 heterocycles. The van der Waals surface area contributed by atoms with Gasteiger partial charge in [0.1, 0.15) is 4.90 Å². The Balaban J connectivity index is 3.32. The summed E-state index contributed by atoms with van der Waals surface area (Å²) in [6, 6.07) is 2.79. The predicted octanol–water partition coefficient (Wildman–Crippen LogP) is 2.17. The van der Waals surface area contributed by atoms with Gasteiger partial charge in [0.2, 0.25) is 10.0 Å². The number of hydrogen-bond donors (Lipinski definition) is 3. The van der Waals surface area contributed by atoms with E-state index in [0.717, 1.165) is 0 Å². The zero-order chi connectivity index (χ0) is 15.6. The smallest absolute Gasteiger partial charge is 0.244 e. The molecule has 0 atom stereocenters. The van der Waals surface area contributed by atoms with Crippen LogP contribution in [0.25, 0.3) is 0 Å². The third-order valence-electron chi connectivity index (χ3n) is 2.86. The summed E-state index contributed by atoms with van der Waals surface area (Å²) in [5, 5.41) is 18.5. The van der Waals surface area contributed by atoms with Gasteiger partial charge in [-0.3, -0.25) is 0 Å². The first-order valence-electron chi connectivity index (χ1n) is 5.61. The van der Waals surface area contributed by atoms with E-state index in [1.165, 1.54) is 12.1 Å². The van der Waals surface area contributed by atoms with Crippen molar-refractivity contribution in [3.63, 3.8) is 0 Å². The highest BCUT2D eigenvalue weighted by molar-refractivity contribution is 9.10. The average molecular weight is 407 g/mol. The van der Waals surface area contributed by atoms with Crippen LogP contribution in [0.2, 0.25) is 10.0 Å². The van der Waals surface area contributed by atoms with Gasteiger partial charge in [-0.05, 0) is 18.6 Å². The Morgan fingerprint density at radius 3 is 2.05 bits per heavy atom. The summed E-state index contributed by atoms with van der Waals surface area (Å²) in [6.45, 7) is 0.537. The second kappa shape index (κ2) is 6.91. The quantitative estimate of drug-likeness (QED) is 0.675. The lowest BCUT2D eigenvalue weighted by atomic mass is 10.0.